The molecule has 0 radical (unpaired) electrons. The molecule has 106 valence electrons. The summed E-state index contributed by atoms with van der Waals surface area (Å²) in [5, 5.41) is 15.0. The number of amides is 1. The zero-order chi connectivity index (χ0) is 14.5. The van der Waals surface area contributed by atoms with Crippen LogP contribution in [0.3, 0.4) is 0 Å². The fourth-order valence-corrected chi connectivity index (χ4v) is 2.49. The molecule has 0 heterocycles. The molecule has 0 bridgehead atoms. The number of para-hydroxylation sites is 1. The van der Waals surface area contributed by atoms with Crippen molar-refractivity contribution in [3.8, 4) is 0 Å². The molecule has 1 N–H and O–H groups in total. The lowest BCUT2D eigenvalue weighted by atomic mass is 10.0. The molecule has 0 aromatic heterocycles. The van der Waals surface area contributed by atoms with Crippen LogP contribution in [0.2, 0.25) is 0 Å². The van der Waals surface area contributed by atoms with Crippen LogP contribution >= 0.6 is 0 Å². The van der Waals surface area contributed by atoms with Gasteiger partial charge in [0.1, 0.15) is 5.56 Å². The molecule has 0 saturated heterocycles. The molecular weight excluding hydrogens is 258 g/mol. The molecule has 1 fully saturated rings. The number of carbonyl (C=O) groups is 1. The van der Waals surface area contributed by atoms with Gasteiger partial charge in [-0.2, -0.15) is 5.10 Å². The van der Waals surface area contributed by atoms with Crippen molar-refractivity contribution in [3.05, 3.63) is 39.9 Å². The Hall–Kier alpha value is -2.24. The van der Waals surface area contributed by atoms with Crippen molar-refractivity contribution >= 4 is 17.3 Å². The third-order valence-electron chi connectivity index (χ3n) is 3.60. The summed E-state index contributed by atoms with van der Waals surface area (Å²) < 4.78 is 0. The number of nitro groups is 1. The Morgan fingerprint density at radius 3 is 2.95 bits per heavy atom. The molecule has 0 aliphatic heterocycles. The Morgan fingerprint density at radius 2 is 2.25 bits per heavy atom. The Balaban J connectivity index is 2.13. The van der Waals surface area contributed by atoms with E-state index in [4.69, 9.17) is 0 Å². The molecule has 6 nitrogen and oxygen atoms in total. The highest BCUT2D eigenvalue weighted by Gasteiger charge is 2.22. The molecule has 1 saturated carbocycles. The van der Waals surface area contributed by atoms with Crippen LogP contribution in [0.4, 0.5) is 5.69 Å². The van der Waals surface area contributed by atoms with Gasteiger partial charge in [0, 0.05) is 11.8 Å². The van der Waals surface area contributed by atoms with Crippen LogP contribution in [0.15, 0.2) is 29.4 Å². The van der Waals surface area contributed by atoms with Crippen molar-refractivity contribution in [2.24, 2.45) is 11.0 Å². The zero-order valence-corrected chi connectivity index (χ0v) is 11.3. The van der Waals surface area contributed by atoms with E-state index in [1.807, 2.05) is 0 Å². The lowest BCUT2D eigenvalue weighted by molar-refractivity contribution is -0.385. The minimum absolute atomic E-state index is 0.0351. The lowest BCUT2D eigenvalue weighted by Gasteiger charge is -2.07. The molecule has 1 aromatic carbocycles. The van der Waals surface area contributed by atoms with Crippen LogP contribution < -0.4 is 5.43 Å². The largest absolute Gasteiger partial charge is 0.282 e. The summed E-state index contributed by atoms with van der Waals surface area (Å²) in [6.07, 6.45) is 4.06. The highest BCUT2D eigenvalue weighted by atomic mass is 16.6. The topological polar surface area (TPSA) is 84.6 Å². The maximum absolute atomic E-state index is 12.0. The Kier molecular flexibility index (Phi) is 4.45. The molecule has 1 atom stereocenters. The number of hydrazone groups is 1. The number of hydrogen-bond donors (Lipinski definition) is 1. The summed E-state index contributed by atoms with van der Waals surface area (Å²) in [6, 6.07) is 5.87. The number of nitrogens with one attached hydrogen (secondary N) is 1. The number of rotatable bonds is 4. The van der Waals surface area contributed by atoms with Gasteiger partial charge in [-0.1, -0.05) is 19.1 Å². The summed E-state index contributed by atoms with van der Waals surface area (Å²) in [4.78, 5) is 22.3. The van der Waals surface area contributed by atoms with E-state index >= 15 is 0 Å². The molecule has 1 aliphatic rings. The minimum Gasteiger partial charge on any atom is -0.267 e. The second-order valence-corrected chi connectivity index (χ2v) is 4.82. The molecule has 1 aromatic rings. The Labute approximate surface area is 117 Å². The first-order valence-corrected chi connectivity index (χ1v) is 6.73. The van der Waals surface area contributed by atoms with E-state index in [0.717, 1.165) is 31.4 Å². The van der Waals surface area contributed by atoms with E-state index in [1.54, 1.807) is 6.07 Å². The Morgan fingerprint density at radius 1 is 1.50 bits per heavy atom. The van der Waals surface area contributed by atoms with Crippen molar-refractivity contribution in [2.75, 3.05) is 0 Å². The first-order valence-electron chi connectivity index (χ1n) is 6.73. The maximum Gasteiger partial charge on any atom is 0.282 e. The molecule has 1 amide bonds. The van der Waals surface area contributed by atoms with E-state index in [9.17, 15) is 14.9 Å². The average Bonchev–Trinajstić information content (AvgIpc) is 2.92. The van der Waals surface area contributed by atoms with Gasteiger partial charge in [-0.05, 0) is 37.7 Å². The van der Waals surface area contributed by atoms with Gasteiger partial charge in [0.2, 0.25) is 0 Å². The third kappa shape index (κ3) is 3.01. The van der Waals surface area contributed by atoms with Gasteiger partial charge < -0.3 is 0 Å². The lowest BCUT2D eigenvalue weighted by Crippen LogP contribution is -2.21. The average molecular weight is 275 g/mol. The molecule has 2 rings (SSSR count). The van der Waals surface area contributed by atoms with Gasteiger partial charge in [-0.15, -0.1) is 0 Å². The van der Waals surface area contributed by atoms with E-state index in [-0.39, 0.29) is 11.3 Å². The first-order chi connectivity index (χ1) is 9.63. The predicted molar refractivity (Wildman–Crippen MR) is 75.6 cm³/mol. The standard InChI is InChI=1S/C14H17N3O3/c1-2-10-6-5-8-12(10)15-16-14(18)11-7-3-4-9-13(11)17(19)20/h3-4,7,9-10H,2,5-6,8H2,1H3,(H,16,18)/b15-12+. The molecule has 1 aliphatic carbocycles. The zero-order valence-electron chi connectivity index (χ0n) is 11.3. The highest BCUT2D eigenvalue weighted by molar-refractivity contribution is 5.99. The summed E-state index contributed by atoms with van der Waals surface area (Å²) in [6.45, 7) is 2.09. The van der Waals surface area contributed by atoms with Gasteiger partial charge in [0.05, 0.1) is 4.92 Å². The number of hydrogen-bond acceptors (Lipinski definition) is 4. The van der Waals surface area contributed by atoms with Crippen LogP contribution in [0.5, 0.6) is 0 Å². The van der Waals surface area contributed by atoms with Crippen molar-refractivity contribution in [2.45, 2.75) is 32.6 Å². The fraction of sp³-hybridized carbons (Fsp3) is 0.429. The quantitative estimate of drug-likeness (QED) is 0.677. The molecule has 20 heavy (non-hydrogen) atoms. The fourth-order valence-electron chi connectivity index (χ4n) is 2.49. The highest BCUT2D eigenvalue weighted by Crippen LogP contribution is 2.25. The second-order valence-electron chi connectivity index (χ2n) is 4.82. The van der Waals surface area contributed by atoms with Gasteiger partial charge in [0.15, 0.2) is 0 Å². The van der Waals surface area contributed by atoms with E-state index in [0.29, 0.717) is 5.92 Å². The van der Waals surface area contributed by atoms with Gasteiger partial charge in [-0.25, -0.2) is 5.43 Å². The van der Waals surface area contributed by atoms with E-state index in [1.165, 1.54) is 18.2 Å². The Bertz CT molecular complexity index is 554. The monoisotopic (exact) mass is 275 g/mol. The van der Waals surface area contributed by atoms with Crippen molar-refractivity contribution in [3.63, 3.8) is 0 Å². The molecule has 1 unspecified atom stereocenters. The van der Waals surface area contributed by atoms with E-state index < -0.39 is 10.8 Å². The maximum atomic E-state index is 12.0. The summed E-state index contributed by atoms with van der Waals surface area (Å²) in [5.74, 6) is -0.118. The van der Waals surface area contributed by atoms with Crippen molar-refractivity contribution < 1.29 is 9.72 Å². The van der Waals surface area contributed by atoms with Crippen LogP contribution in [0.25, 0.3) is 0 Å². The first kappa shape index (κ1) is 14.2. The van der Waals surface area contributed by atoms with Gasteiger partial charge >= 0.3 is 0 Å². The van der Waals surface area contributed by atoms with Crippen molar-refractivity contribution in [1.29, 1.82) is 0 Å². The predicted octanol–water partition coefficient (Wildman–Crippen LogP) is 2.89. The molecular formula is C14H17N3O3. The van der Waals surface area contributed by atoms with Crippen LogP contribution in [-0.2, 0) is 0 Å². The van der Waals surface area contributed by atoms with Gasteiger partial charge in [-0.3, -0.25) is 14.9 Å². The van der Waals surface area contributed by atoms with E-state index in [2.05, 4.69) is 17.5 Å². The van der Waals surface area contributed by atoms with Crippen LogP contribution in [-0.4, -0.2) is 16.5 Å². The third-order valence-corrected chi connectivity index (χ3v) is 3.60. The summed E-state index contributed by atoms with van der Waals surface area (Å²) in [7, 11) is 0. The van der Waals surface area contributed by atoms with Crippen LogP contribution in [0, 0.1) is 16.0 Å². The molecule has 6 heteroatoms. The van der Waals surface area contributed by atoms with Crippen molar-refractivity contribution in [1.82, 2.24) is 5.43 Å². The summed E-state index contributed by atoms with van der Waals surface area (Å²) >= 11 is 0. The smallest absolute Gasteiger partial charge is 0.267 e. The normalized spacial score (nSPS) is 20.1. The second kappa shape index (κ2) is 6.27. The minimum atomic E-state index is -0.563. The number of nitrogens with zero attached hydrogens (tertiary/aromatic N) is 2. The number of nitro benzene ring substituents is 1. The molecule has 0 spiro atoms. The number of carbonyl (C=O) groups excluding carboxylic acids is 1. The number of benzene rings is 1. The SMILES string of the molecule is CCC1CCC/C1=N\NC(=O)c1ccccc1[N+](=O)[O-]. The van der Waals surface area contributed by atoms with Crippen LogP contribution in [0.1, 0.15) is 43.0 Å². The summed E-state index contributed by atoms with van der Waals surface area (Å²) in [5.41, 5.74) is 3.26. The van der Waals surface area contributed by atoms with Gasteiger partial charge in [0.25, 0.3) is 11.6 Å².